The molecule has 2 aromatic carbocycles. The van der Waals surface area contributed by atoms with Gasteiger partial charge in [0.15, 0.2) is 22.9 Å². The van der Waals surface area contributed by atoms with Gasteiger partial charge < -0.3 is 18.0 Å². The number of benzene rings is 2. The molecule has 3 heterocycles. The van der Waals surface area contributed by atoms with Crippen LogP contribution in [0.2, 0.25) is 0 Å². The van der Waals surface area contributed by atoms with E-state index in [4.69, 9.17) is 18.0 Å². The minimum absolute atomic E-state index is 0.0622. The number of fused-ring (bicyclic) bond motifs is 2. The molecule has 138 valence electrons. The first-order chi connectivity index (χ1) is 13.7. The molecule has 5 aromatic rings. The van der Waals surface area contributed by atoms with Gasteiger partial charge in [-0.25, -0.2) is 0 Å². The normalized spacial score (nSPS) is 11.2. The third-order valence-electron chi connectivity index (χ3n) is 4.23. The predicted octanol–water partition coefficient (Wildman–Crippen LogP) is 4.49. The van der Waals surface area contributed by atoms with Crippen LogP contribution in [0.3, 0.4) is 0 Å². The fourth-order valence-electron chi connectivity index (χ4n) is 2.93. The monoisotopic (exact) mass is 375 g/mol. The Labute approximate surface area is 157 Å². The third kappa shape index (κ3) is 2.67. The lowest BCUT2D eigenvalue weighted by atomic mass is 10.2. The van der Waals surface area contributed by atoms with E-state index in [1.807, 2.05) is 30.3 Å². The second-order valence-electron chi connectivity index (χ2n) is 6.00. The zero-order valence-corrected chi connectivity index (χ0v) is 14.6. The van der Waals surface area contributed by atoms with Crippen molar-refractivity contribution in [3.63, 3.8) is 0 Å². The Hall–Kier alpha value is -4.07. The molecule has 0 aliphatic rings. The Balaban J connectivity index is 1.41. The molecular weight excluding hydrogens is 362 g/mol. The average molecular weight is 375 g/mol. The molecule has 8 heteroatoms. The summed E-state index contributed by atoms with van der Waals surface area (Å²) >= 11 is 0. The number of carbonyl (C=O) groups is 1. The van der Waals surface area contributed by atoms with Crippen LogP contribution in [0.5, 0.6) is 5.75 Å². The van der Waals surface area contributed by atoms with E-state index >= 15 is 0 Å². The number of furan rings is 2. The molecule has 0 unspecified atom stereocenters. The van der Waals surface area contributed by atoms with E-state index in [2.05, 4.69) is 15.5 Å². The Bertz CT molecular complexity index is 1280. The van der Waals surface area contributed by atoms with Crippen LogP contribution in [-0.4, -0.2) is 23.2 Å². The minimum atomic E-state index is -0.488. The highest BCUT2D eigenvalue weighted by Gasteiger charge is 2.19. The second-order valence-corrected chi connectivity index (χ2v) is 6.00. The number of methoxy groups -OCH3 is 1. The first-order valence-electron chi connectivity index (χ1n) is 8.41. The van der Waals surface area contributed by atoms with Gasteiger partial charge in [0, 0.05) is 10.8 Å². The molecule has 8 nitrogen and oxygen atoms in total. The van der Waals surface area contributed by atoms with Gasteiger partial charge in [0.25, 0.3) is 11.8 Å². The number of hydrogen-bond donors (Lipinski definition) is 1. The quantitative estimate of drug-likeness (QED) is 0.493. The van der Waals surface area contributed by atoms with E-state index < -0.39 is 5.91 Å². The Morgan fingerprint density at radius 3 is 2.68 bits per heavy atom. The van der Waals surface area contributed by atoms with Gasteiger partial charge in [0.1, 0.15) is 5.58 Å². The summed E-state index contributed by atoms with van der Waals surface area (Å²) in [6, 6.07) is 16.2. The summed E-state index contributed by atoms with van der Waals surface area (Å²) in [7, 11) is 1.56. The van der Waals surface area contributed by atoms with Crippen molar-refractivity contribution in [3.05, 3.63) is 60.4 Å². The first-order valence-corrected chi connectivity index (χ1v) is 8.41. The number of aromatic nitrogens is 2. The summed E-state index contributed by atoms with van der Waals surface area (Å²) in [5, 5.41) is 12.0. The molecule has 0 aliphatic heterocycles. The van der Waals surface area contributed by atoms with Crippen LogP contribution < -0.4 is 10.1 Å². The van der Waals surface area contributed by atoms with Crippen molar-refractivity contribution in [1.82, 2.24) is 10.2 Å². The van der Waals surface area contributed by atoms with Gasteiger partial charge in [0.05, 0.1) is 7.11 Å². The second kappa shape index (κ2) is 6.27. The number of anilines is 1. The first kappa shape index (κ1) is 16.1. The zero-order valence-electron chi connectivity index (χ0n) is 14.6. The highest BCUT2D eigenvalue weighted by Crippen LogP contribution is 2.33. The SMILES string of the molecule is COc1cccc2cc(-c3nnc(NC(=O)c4cc5ccccc5o4)o3)oc12. The number of hydrogen-bond acceptors (Lipinski definition) is 7. The van der Waals surface area contributed by atoms with Crippen LogP contribution in [0, 0.1) is 0 Å². The zero-order chi connectivity index (χ0) is 19.1. The molecule has 0 saturated heterocycles. The molecule has 0 aliphatic carbocycles. The van der Waals surface area contributed by atoms with E-state index in [9.17, 15) is 4.79 Å². The largest absolute Gasteiger partial charge is 0.493 e. The lowest BCUT2D eigenvalue weighted by Crippen LogP contribution is -2.10. The van der Waals surface area contributed by atoms with Gasteiger partial charge in [0.2, 0.25) is 0 Å². The number of nitrogens with one attached hydrogen (secondary N) is 1. The maximum absolute atomic E-state index is 12.4. The summed E-state index contributed by atoms with van der Waals surface area (Å²) in [6.45, 7) is 0. The van der Waals surface area contributed by atoms with Crippen molar-refractivity contribution < 1.29 is 22.8 Å². The molecular formula is C20H13N3O5. The van der Waals surface area contributed by atoms with E-state index in [1.54, 1.807) is 31.4 Å². The smallest absolute Gasteiger partial charge is 0.323 e. The third-order valence-corrected chi connectivity index (χ3v) is 4.23. The summed E-state index contributed by atoms with van der Waals surface area (Å²) < 4.78 is 22.1. The summed E-state index contributed by atoms with van der Waals surface area (Å²) in [5.74, 6) is 0.767. The molecule has 0 radical (unpaired) electrons. The van der Waals surface area contributed by atoms with Crippen LogP contribution >= 0.6 is 0 Å². The molecule has 0 spiro atoms. The Kier molecular flexibility index (Phi) is 3.61. The average Bonchev–Trinajstić information content (AvgIpc) is 3.44. The number of amides is 1. The van der Waals surface area contributed by atoms with Crippen LogP contribution in [0.15, 0.2) is 67.8 Å². The van der Waals surface area contributed by atoms with Crippen molar-refractivity contribution in [1.29, 1.82) is 0 Å². The van der Waals surface area contributed by atoms with Crippen molar-refractivity contribution in [2.24, 2.45) is 0 Å². The topological polar surface area (TPSA) is 104 Å². The van der Waals surface area contributed by atoms with Crippen molar-refractivity contribution >= 4 is 33.9 Å². The van der Waals surface area contributed by atoms with Crippen LogP contribution in [-0.2, 0) is 0 Å². The number of ether oxygens (including phenoxy) is 1. The summed E-state index contributed by atoms with van der Waals surface area (Å²) in [4.78, 5) is 12.4. The molecule has 0 saturated carbocycles. The standard InChI is InChI=1S/C20H13N3O5/c1-25-14-8-4-6-12-10-16(27-17(12)14)19-22-23-20(28-19)21-18(24)15-9-11-5-2-3-7-13(11)26-15/h2-10H,1H3,(H,21,23,24). The lowest BCUT2D eigenvalue weighted by molar-refractivity contribution is 0.0996. The number of para-hydroxylation sites is 2. The Morgan fingerprint density at radius 1 is 0.964 bits per heavy atom. The molecule has 0 bridgehead atoms. The number of nitrogens with zero attached hydrogens (tertiary/aromatic N) is 2. The fraction of sp³-hybridized carbons (Fsp3) is 0.0500. The fourth-order valence-corrected chi connectivity index (χ4v) is 2.93. The van der Waals surface area contributed by atoms with E-state index in [1.165, 1.54) is 0 Å². The van der Waals surface area contributed by atoms with Gasteiger partial charge in [-0.15, -0.1) is 5.10 Å². The summed E-state index contributed by atoms with van der Waals surface area (Å²) in [6.07, 6.45) is 0. The highest BCUT2D eigenvalue weighted by molar-refractivity contribution is 6.03. The van der Waals surface area contributed by atoms with E-state index in [0.29, 0.717) is 22.7 Å². The van der Waals surface area contributed by atoms with Gasteiger partial charge in [-0.1, -0.05) is 35.4 Å². The van der Waals surface area contributed by atoms with Crippen LogP contribution in [0.4, 0.5) is 6.01 Å². The molecule has 1 N–H and O–H groups in total. The van der Waals surface area contributed by atoms with Crippen molar-refractivity contribution in [2.75, 3.05) is 12.4 Å². The number of rotatable bonds is 4. The molecule has 28 heavy (non-hydrogen) atoms. The molecule has 3 aromatic heterocycles. The molecule has 0 atom stereocenters. The lowest BCUT2D eigenvalue weighted by Gasteiger charge is -1.98. The highest BCUT2D eigenvalue weighted by atomic mass is 16.5. The Morgan fingerprint density at radius 2 is 1.82 bits per heavy atom. The summed E-state index contributed by atoms with van der Waals surface area (Å²) in [5.41, 5.74) is 1.20. The predicted molar refractivity (Wildman–Crippen MR) is 100 cm³/mol. The minimum Gasteiger partial charge on any atom is -0.493 e. The molecule has 0 fully saturated rings. The van der Waals surface area contributed by atoms with Crippen molar-refractivity contribution in [3.8, 4) is 17.4 Å². The van der Waals surface area contributed by atoms with Crippen LogP contribution in [0.25, 0.3) is 33.6 Å². The van der Waals surface area contributed by atoms with Gasteiger partial charge >= 0.3 is 6.01 Å². The van der Waals surface area contributed by atoms with Gasteiger partial charge in [-0.2, -0.15) is 0 Å². The van der Waals surface area contributed by atoms with Crippen LogP contribution in [0.1, 0.15) is 10.6 Å². The van der Waals surface area contributed by atoms with Gasteiger partial charge in [-0.3, -0.25) is 10.1 Å². The maximum atomic E-state index is 12.4. The maximum Gasteiger partial charge on any atom is 0.323 e. The van der Waals surface area contributed by atoms with Gasteiger partial charge in [-0.05, 0) is 24.3 Å². The van der Waals surface area contributed by atoms with E-state index in [0.717, 1.165) is 10.8 Å². The molecule has 5 rings (SSSR count). The van der Waals surface area contributed by atoms with Crippen molar-refractivity contribution in [2.45, 2.75) is 0 Å². The number of carbonyl (C=O) groups excluding carboxylic acids is 1. The molecule has 1 amide bonds. The van der Waals surface area contributed by atoms with E-state index in [-0.39, 0.29) is 17.7 Å².